The first-order valence-corrected chi connectivity index (χ1v) is 9.31. The van der Waals surface area contributed by atoms with Crippen LogP contribution in [0.1, 0.15) is 11.1 Å². The minimum Gasteiger partial charge on any atom is -0.493 e. The average molecular weight is 504 g/mol. The molecule has 0 amide bonds. The lowest BCUT2D eigenvalue weighted by Crippen LogP contribution is -2.44. The monoisotopic (exact) mass is 504 g/mol. The number of hydrogen-bond acceptors (Lipinski definition) is 5. The third-order valence-electron chi connectivity index (χ3n) is 4.49. The summed E-state index contributed by atoms with van der Waals surface area (Å²) in [6.45, 7) is 9.90. The quantitative estimate of drug-likeness (QED) is 0.232. The van der Waals surface area contributed by atoms with Crippen molar-refractivity contribution in [2.24, 2.45) is 4.99 Å². The van der Waals surface area contributed by atoms with Gasteiger partial charge in [0.15, 0.2) is 17.5 Å². The Morgan fingerprint density at radius 3 is 2.61 bits per heavy atom. The molecule has 8 heteroatoms. The minimum atomic E-state index is 0. The van der Waals surface area contributed by atoms with Gasteiger partial charge in [-0.15, -0.1) is 30.6 Å². The highest BCUT2D eigenvalue weighted by molar-refractivity contribution is 14.0. The Morgan fingerprint density at radius 2 is 2.00 bits per heavy atom. The van der Waals surface area contributed by atoms with Gasteiger partial charge in [-0.3, -0.25) is 9.89 Å². The molecule has 1 aromatic carbocycles. The zero-order valence-corrected chi connectivity index (χ0v) is 19.5. The zero-order chi connectivity index (χ0) is 19.5. The molecule has 0 aliphatic carbocycles. The van der Waals surface area contributed by atoms with E-state index < -0.39 is 0 Å². The number of aliphatic imine (C=N–C) groups is 1. The summed E-state index contributed by atoms with van der Waals surface area (Å²) in [5.41, 5.74) is 2.15. The average Bonchev–Trinajstić information content (AvgIpc) is 2.71. The van der Waals surface area contributed by atoms with E-state index in [1.165, 1.54) is 0 Å². The number of guanidine groups is 1. The van der Waals surface area contributed by atoms with E-state index in [0.717, 1.165) is 74.4 Å². The second-order valence-electron chi connectivity index (χ2n) is 6.29. The van der Waals surface area contributed by atoms with Crippen LogP contribution >= 0.6 is 24.0 Å². The summed E-state index contributed by atoms with van der Waals surface area (Å²) in [6.07, 6.45) is 2.58. The fourth-order valence-corrected chi connectivity index (χ4v) is 3.08. The predicted molar refractivity (Wildman–Crippen MR) is 124 cm³/mol. The standard InChI is InChI=1S/C20H32N4O3.HI/c1-5-6-17-13-16(14-18(25-3)19(17)26-4)15-23-20(21-2)22-7-8-24-9-11-27-12-10-24;/h5,13-14H,1,6-12,15H2,2-4H3,(H2,21,22,23);1H. The first-order valence-electron chi connectivity index (χ1n) is 9.31. The van der Waals surface area contributed by atoms with Gasteiger partial charge in [0, 0.05) is 45.3 Å². The number of hydrogen-bond donors (Lipinski definition) is 2. The van der Waals surface area contributed by atoms with Gasteiger partial charge in [-0.25, -0.2) is 0 Å². The van der Waals surface area contributed by atoms with Crippen LogP contribution < -0.4 is 20.1 Å². The molecule has 0 radical (unpaired) electrons. The molecule has 158 valence electrons. The Labute approximate surface area is 185 Å². The van der Waals surface area contributed by atoms with Gasteiger partial charge in [-0.2, -0.15) is 0 Å². The van der Waals surface area contributed by atoms with Gasteiger partial charge < -0.3 is 24.8 Å². The Kier molecular flexibility index (Phi) is 11.9. The van der Waals surface area contributed by atoms with Crippen LogP contribution in [0.15, 0.2) is 29.8 Å². The van der Waals surface area contributed by atoms with Crippen LogP contribution in [-0.4, -0.2) is 71.5 Å². The molecule has 0 bridgehead atoms. The molecule has 2 N–H and O–H groups in total. The Bertz CT molecular complexity index is 634. The Balaban J connectivity index is 0.00000392. The van der Waals surface area contributed by atoms with E-state index in [4.69, 9.17) is 14.2 Å². The van der Waals surface area contributed by atoms with Crippen LogP contribution in [0.5, 0.6) is 11.5 Å². The third kappa shape index (κ3) is 7.48. The summed E-state index contributed by atoms with van der Waals surface area (Å²) in [5.74, 6) is 2.27. The summed E-state index contributed by atoms with van der Waals surface area (Å²) in [4.78, 5) is 6.69. The Morgan fingerprint density at radius 1 is 1.25 bits per heavy atom. The summed E-state index contributed by atoms with van der Waals surface area (Å²) >= 11 is 0. The number of allylic oxidation sites excluding steroid dienone is 1. The van der Waals surface area contributed by atoms with E-state index in [1.54, 1.807) is 21.3 Å². The SMILES string of the molecule is C=CCc1cc(CNC(=NC)NCCN2CCOCC2)cc(OC)c1OC.I. The topological polar surface area (TPSA) is 67.4 Å². The van der Waals surface area contributed by atoms with E-state index >= 15 is 0 Å². The van der Waals surface area contributed by atoms with Gasteiger partial charge in [0.1, 0.15) is 0 Å². The van der Waals surface area contributed by atoms with Crippen molar-refractivity contribution in [3.05, 3.63) is 35.9 Å². The van der Waals surface area contributed by atoms with E-state index in [1.807, 2.05) is 12.1 Å². The lowest BCUT2D eigenvalue weighted by molar-refractivity contribution is 0.0389. The number of halogens is 1. The Hall–Kier alpha value is -1.52. The maximum absolute atomic E-state index is 5.49. The van der Waals surface area contributed by atoms with E-state index in [9.17, 15) is 0 Å². The van der Waals surface area contributed by atoms with Crippen molar-refractivity contribution in [1.29, 1.82) is 0 Å². The molecule has 7 nitrogen and oxygen atoms in total. The molecular weight excluding hydrogens is 471 g/mol. The number of benzene rings is 1. The largest absolute Gasteiger partial charge is 0.493 e. The highest BCUT2D eigenvalue weighted by atomic mass is 127. The molecule has 0 atom stereocenters. The van der Waals surface area contributed by atoms with Crippen molar-refractivity contribution in [3.63, 3.8) is 0 Å². The van der Waals surface area contributed by atoms with Crippen molar-refractivity contribution in [2.75, 3.05) is 60.7 Å². The predicted octanol–water partition coefficient (Wildman–Crippen LogP) is 2.05. The first-order chi connectivity index (χ1) is 13.2. The molecule has 28 heavy (non-hydrogen) atoms. The first kappa shape index (κ1) is 24.5. The molecular formula is C20H33IN4O3. The molecule has 1 aliphatic rings. The van der Waals surface area contributed by atoms with Crippen LogP contribution in [0.2, 0.25) is 0 Å². The van der Waals surface area contributed by atoms with Crippen LogP contribution in [0.3, 0.4) is 0 Å². The fraction of sp³-hybridized carbons (Fsp3) is 0.550. The summed E-state index contributed by atoms with van der Waals surface area (Å²) in [5, 5.41) is 6.72. The van der Waals surface area contributed by atoms with Gasteiger partial charge in [-0.1, -0.05) is 6.08 Å². The highest BCUT2D eigenvalue weighted by Gasteiger charge is 2.12. The van der Waals surface area contributed by atoms with Gasteiger partial charge >= 0.3 is 0 Å². The lowest BCUT2D eigenvalue weighted by Gasteiger charge is -2.26. The van der Waals surface area contributed by atoms with Crippen molar-refractivity contribution in [1.82, 2.24) is 15.5 Å². The van der Waals surface area contributed by atoms with E-state index in [-0.39, 0.29) is 24.0 Å². The third-order valence-corrected chi connectivity index (χ3v) is 4.49. The molecule has 1 aromatic rings. The van der Waals surface area contributed by atoms with Crippen LogP contribution in [-0.2, 0) is 17.7 Å². The van der Waals surface area contributed by atoms with Crippen molar-refractivity contribution < 1.29 is 14.2 Å². The molecule has 0 saturated carbocycles. The molecule has 1 aliphatic heterocycles. The number of nitrogens with one attached hydrogen (secondary N) is 2. The van der Waals surface area contributed by atoms with Gasteiger partial charge in [-0.05, 0) is 24.1 Å². The molecule has 1 fully saturated rings. The van der Waals surface area contributed by atoms with E-state index in [0.29, 0.717) is 6.54 Å². The summed E-state index contributed by atoms with van der Waals surface area (Å²) < 4.78 is 16.3. The van der Waals surface area contributed by atoms with Gasteiger partial charge in [0.2, 0.25) is 0 Å². The number of methoxy groups -OCH3 is 2. The number of nitrogens with zero attached hydrogens (tertiary/aromatic N) is 2. The summed E-state index contributed by atoms with van der Waals surface area (Å²) in [7, 11) is 5.09. The number of ether oxygens (including phenoxy) is 3. The second-order valence-corrected chi connectivity index (χ2v) is 6.29. The van der Waals surface area contributed by atoms with E-state index in [2.05, 4.69) is 33.2 Å². The van der Waals surface area contributed by atoms with Gasteiger partial charge in [0.05, 0.1) is 27.4 Å². The molecule has 1 saturated heterocycles. The lowest BCUT2D eigenvalue weighted by atomic mass is 10.1. The van der Waals surface area contributed by atoms with Crippen molar-refractivity contribution in [3.8, 4) is 11.5 Å². The highest BCUT2D eigenvalue weighted by Crippen LogP contribution is 2.33. The molecule has 0 spiro atoms. The second kappa shape index (κ2) is 13.6. The normalized spacial score (nSPS) is 14.8. The smallest absolute Gasteiger partial charge is 0.191 e. The fourth-order valence-electron chi connectivity index (χ4n) is 3.08. The summed E-state index contributed by atoms with van der Waals surface area (Å²) in [6, 6.07) is 4.09. The molecule has 0 unspecified atom stereocenters. The molecule has 0 aromatic heterocycles. The van der Waals surface area contributed by atoms with Crippen molar-refractivity contribution >= 4 is 29.9 Å². The maximum atomic E-state index is 5.49. The van der Waals surface area contributed by atoms with Crippen LogP contribution in [0.25, 0.3) is 0 Å². The maximum Gasteiger partial charge on any atom is 0.191 e. The molecule has 2 rings (SSSR count). The van der Waals surface area contributed by atoms with Crippen molar-refractivity contribution in [2.45, 2.75) is 13.0 Å². The van der Waals surface area contributed by atoms with Crippen LogP contribution in [0, 0.1) is 0 Å². The van der Waals surface area contributed by atoms with Gasteiger partial charge in [0.25, 0.3) is 0 Å². The number of morpholine rings is 1. The van der Waals surface area contributed by atoms with Crippen LogP contribution in [0.4, 0.5) is 0 Å². The zero-order valence-electron chi connectivity index (χ0n) is 17.1. The minimum absolute atomic E-state index is 0. The molecule has 1 heterocycles. The number of rotatable bonds is 9.